The molecule has 190 valence electrons. The van der Waals surface area contributed by atoms with Crippen molar-refractivity contribution in [1.29, 1.82) is 0 Å². The van der Waals surface area contributed by atoms with Crippen molar-refractivity contribution in [3.05, 3.63) is 82.6 Å². The van der Waals surface area contributed by atoms with Gasteiger partial charge in [-0.15, -0.1) is 0 Å². The third kappa shape index (κ3) is 4.11. The van der Waals surface area contributed by atoms with E-state index >= 15 is 4.39 Å². The predicted octanol–water partition coefficient (Wildman–Crippen LogP) is 5.82. The smallest absolute Gasteiger partial charge is 0.273 e. The van der Waals surface area contributed by atoms with Crippen LogP contribution in [0.15, 0.2) is 48.8 Å². The second kappa shape index (κ2) is 8.77. The Hall–Kier alpha value is -3.58. The van der Waals surface area contributed by atoms with Crippen LogP contribution in [0.4, 0.5) is 4.39 Å². The molecule has 2 aliphatic rings. The van der Waals surface area contributed by atoms with Crippen molar-refractivity contribution in [2.24, 2.45) is 7.05 Å². The number of rotatable bonds is 5. The van der Waals surface area contributed by atoms with E-state index in [1.165, 1.54) is 0 Å². The lowest BCUT2D eigenvalue weighted by Crippen LogP contribution is -2.25. The lowest BCUT2D eigenvalue weighted by Gasteiger charge is -2.23. The molecule has 0 atom stereocenters. The number of carbonyl (C=O) groups is 1. The molecule has 3 heterocycles. The summed E-state index contributed by atoms with van der Waals surface area (Å²) in [6, 6.07) is 11.3. The average Bonchev–Trinajstić information content (AvgIpc) is 3.58. The van der Waals surface area contributed by atoms with Crippen LogP contribution in [0.1, 0.15) is 78.2 Å². The Labute approximate surface area is 215 Å². The van der Waals surface area contributed by atoms with Crippen LogP contribution in [0.2, 0.25) is 0 Å². The molecule has 37 heavy (non-hydrogen) atoms. The number of hydrogen-bond acceptors (Lipinski definition) is 4. The largest absolute Gasteiger partial charge is 0.386 e. The van der Waals surface area contributed by atoms with Gasteiger partial charge in [-0.25, -0.2) is 4.39 Å². The molecule has 7 heteroatoms. The first-order valence-corrected chi connectivity index (χ1v) is 13.0. The van der Waals surface area contributed by atoms with E-state index in [9.17, 15) is 9.90 Å². The van der Waals surface area contributed by atoms with Gasteiger partial charge in [0, 0.05) is 54.6 Å². The number of hydrogen-bond donors (Lipinski definition) is 1. The first-order valence-electron chi connectivity index (χ1n) is 13.0. The van der Waals surface area contributed by atoms with Gasteiger partial charge in [-0.05, 0) is 61.4 Å². The Balaban J connectivity index is 1.45. The molecular formula is C30H31FN4O2. The van der Waals surface area contributed by atoms with Gasteiger partial charge >= 0.3 is 0 Å². The number of carbonyl (C=O) groups excluding carboxylic acids is 1. The summed E-state index contributed by atoms with van der Waals surface area (Å²) >= 11 is 0. The Kier molecular flexibility index (Phi) is 5.64. The normalized spacial score (nSPS) is 16.2. The van der Waals surface area contributed by atoms with Crippen LogP contribution >= 0.6 is 0 Å². The fraction of sp³-hybridized carbons (Fsp3) is 0.367. The van der Waals surface area contributed by atoms with E-state index in [-0.39, 0.29) is 24.2 Å². The van der Waals surface area contributed by atoms with E-state index in [4.69, 9.17) is 0 Å². The van der Waals surface area contributed by atoms with Crippen molar-refractivity contribution in [2.45, 2.75) is 64.1 Å². The van der Waals surface area contributed by atoms with Gasteiger partial charge < -0.3 is 10.0 Å². The maximum Gasteiger partial charge on any atom is 0.273 e. The third-order valence-corrected chi connectivity index (χ3v) is 7.88. The van der Waals surface area contributed by atoms with E-state index < -0.39 is 5.60 Å². The number of benzene rings is 2. The molecule has 0 unspecified atom stereocenters. The van der Waals surface area contributed by atoms with Crippen LogP contribution in [0.25, 0.3) is 22.0 Å². The van der Waals surface area contributed by atoms with Crippen LogP contribution in [-0.4, -0.2) is 30.7 Å². The molecule has 0 spiro atoms. The van der Waals surface area contributed by atoms with Crippen LogP contribution in [-0.2, 0) is 25.7 Å². The molecule has 6 rings (SSSR count). The Morgan fingerprint density at radius 2 is 1.95 bits per heavy atom. The van der Waals surface area contributed by atoms with Crippen molar-refractivity contribution in [3.63, 3.8) is 0 Å². The zero-order chi connectivity index (χ0) is 25.9. The van der Waals surface area contributed by atoms with Crippen LogP contribution in [0.5, 0.6) is 0 Å². The third-order valence-electron chi connectivity index (χ3n) is 7.88. The van der Waals surface area contributed by atoms with Crippen molar-refractivity contribution in [2.75, 3.05) is 0 Å². The summed E-state index contributed by atoms with van der Waals surface area (Å²) in [5, 5.41) is 16.2. The van der Waals surface area contributed by atoms with Crippen molar-refractivity contribution >= 4 is 16.8 Å². The van der Waals surface area contributed by atoms with E-state index in [1.807, 2.05) is 37.5 Å². The first kappa shape index (κ1) is 23.8. The number of nitrogens with zero attached hydrogens (tertiary/aromatic N) is 4. The highest BCUT2D eigenvalue weighted by Gasteiger charge is 2.32. The SMILES string of the molecule is Cn1cc2c(-c3cc(F)c(CN4Cc5cccnc5C4=O)c(C4CCCC4)c3)ccc(C(C)(C)O)c2n1. The maximum absolute atomic E-state index is 16.0. The molecule has 1 amide bonds. The Bertz CT molecular complexity index is 1530. The number of aryl methyl sites for hydroxylation is 1. The van der Waals surface area contributed by atoms with Gasteiger partial charge in [0.2, 0.25) is 0 Å². The van der Waals surface area contributed by atoms with E-state index in [2.05, 4.69) is 16.1 Å². The number of halogens is 1. The summed E-state index contributed by atoms with van der Waals surface area (Å²) in [5.41, 5.74) is 5.03. The molecule has 2 aromatic heterocycles. The topological polar surface area (TPSA) is 71.2 Å². The molecular weight excluding hydrogens is 467 g/mol. The molecule has 2 aromatic carbocycles. The summed E-state index contributed by atoms with van der Waals surface area (Å²) < 4.78 is 17.8. The summed E-state index contributed by atoms with van der Waals surface area (Å²) in [6.45, 7) is 4.17. The molecule has 1 saturated carbocycles. The van der Waals surface area contributed by atoms with Gasteiger partial charge in [-0.2, -0.15) is 5.10 Å². The summed E-state index contributed by atoms with van der Waals surface area (Å²) in [7, 11) is 1.85. The van der Waals surface area contributed by atoms with E-state index in [0.29, 0.717) is 23.3 Å². The fourth-order valence-corrected chi connectivity index (χ4v) is 6.05. The Morgan fingerprint density at radius 1 is 1.16 bits per heavy atom. The number of fused-ring (bicyclic) bond motifs is 2. The molecule has 1 N–H and O–H groups in total. The zero-order valence-electron chi connectivity index (χ0n) is 21.5. The molecule has 0 saturated heterocycles. The zero-order valence-corrected chi connectivity index (χ0v) is 21.5. The highest BCUT2D eigenvalue weighted by molar-refractivity contribution is 5.97. The number of amides is 1. The predicted molar refractivity (Wildman–Crippen MR) is 140 cm³/mol. The molecule has 4 aromatic rings. The quantitative estimate of drug-likeness (QED) is 0.377. The average molecular weight is 499 g/mol. The summed E-state index contributed by atoms with van der Waals surface area (Å²) in [5.74, 6) is -0.168. The molecule has 1 aliphatic heterocycles. The standard InChI is InChI=1S/C30H31FN4O2/c1-30(2,37)25-11-10-21(24-16-34(3)33-28(24)25)20-13-22(18-7-4-5-8-18)23(26(31)14-20)17-35-15-19-9-6-12-32-27(19)29(35)36/h6,9-14,16,18,37H,4-5,7-8,15,17H2,1-3H3. The molecule has 1 fully saturated rings. The molecule has 1 aliphatic carbocycles. The van der Waals surface area contributed by atoms with Gasteiger partial charge in [0.15, 0.2) is 0 Å². The number of aliphatic hydroxyl groups is 1. The maximum atomic E-state index is 16.0. The van der Waals surface area contributed by atoms with Gasteiger partial charge in [-0.3, -0.25) is 14.5 Å². The van der Waals surface area contributed by atoms with Gasteiger partial charge in [0.1, 0.15) is 11.5 Å². The van der Waals surface area contributed by atoms with Gasteiger partial charge in [0.25, 0.3) is 5.91 Å². The molecule has 0 bridgehead atoms. The lowest BCUT2D eigenvalue weighted by atomic mass is 9.87. The minimum atomic E-state index is -1.05. The van der Waals surface area contributed by atoms with Crippen LogP contribution in [0.3, 0.4) is 0 Å². The first-order chi connectivity index (χ1) is 17.7. The fourth-order valence-electron chi connectivity index (χ4n) is 6.05. The summed E-state index contributed by atoms with van der Waals surface area (Å²) in [4.78, 5) is 19.0. The lowest BCUT2D eigenvalue weighted by molar-refractivity contribution is 0.0759. The Morgan fingerprint density at radius 3 is 2.68 bits per heavy atom. The van der Waals surface area contributed by atoms with Gasteiger partial charge in [-0.1, -0.05) is 37.1 Å². The van der Waals surface area contributed by atoms with E-state index in [0.717, 1.165) is 58.9 Å². The minimum Gasteiger partial charge on any atom is -0.386 e. The molecule has 6 nitrogen and oxygen atoms in total. The van der Waals surface area contributed by atoms with E-state index in [1.54, 1.807) is 35.7 Å². The monoisotopic (exact) mass is 498 g/mol. The highest BCUT2D eigenvalue weighted by atomic mass is 19.1. The molecule has 0 radical (unpaired) electrons. The second-order valence-electron chi connectivity index (χ2n) is 11.0. The van der Waals surface area contributed by atoms with Gasteiger partial charge in [0.05, 0.1) is 11.1 Å². The van der Waals surface area contributed by atoms with Crippen LogP contribution < -0.4 is 0 Å². The minimum absolute atomic E-state index is 0.143. The number of aromatic nitrogens is 3. The number of pyridine rings is 1. The van der Waals surface area contributed by atoms with Crippen molar-refractivity contribution in [1.82, 2.24) is 19.7 Å². The van der Waals surface area contributed by atoms with Crippen molar-refractivity contribution in [3.8, 4) is 11.1 Å². The summed E-state index contributed by atoms with van der Waals surface area (Å²) in [6.07, 6.45) is 7.84. The van der Waals surface area contributed by atoms with Crippen LogP contribution in [0, 0.1) is 5.82 Å². The second-order valence-corrected chi connectivity index (χ2v) is 11.0. The highest BCUT2D eigenvalue weighted by Crippen LogP contribution is 2.41. The van der Waals surface area contributed by atoms with Crippen molar-refractivity contribution < 1.29 is 14.3 Å².